The van der Waals surface area contributed by atoms with Crippen LogP contribution in [0.25, 0.3) is 0 Å². The van der Waals surface area contributed by atoms with Gasteiger partial charge in [-0.25, -0.2) is 4.79 Å². The lowest BCUT2D eigenvalue weighted by Crippen LogP contribution is -2.38. The van der Waals surface area contributed by atoms with Gasteiger partial charge in [-0.1, -0.05) is 34.9 Å². The Morgan fingerprint density at radius 3 is 1.74 bits per heavy atom. The summed E-state index contributed by atoms with van der Waals surface area (Å²) in [5, 5.41) is 46.9. The van der Waals surface area contributed by atoms with Crippen LogP contribution in [0.5, 0.6) is 0 Å². The zero-order chi connectivity index (χ0) is 27.2. The topological polar surface area (TPSA) is 162 Å². The SMILES string of the molecule is CC(=CCCC(C)=CCOC(C(=O)O)C(CC(=O)O)C(=O)O)CCC=C(C)CCC(O)C(C)(C)O. The highest BCUT2D eigenvalue weighted by molar-refractivity contribution is 5.85. The van der Waals surface area contributed by atoms with Gasteiger partial charge in [0.25, 0.3) is 0 Å². The standard InChI is InChI=1S/C26H42O9/c1-17(8-6-10-18(2)12-13-21(27)26(4,5)34)9-7-11-19(3)14-15-35-23(25(32)33)20(24(30)31)16-22(28)29/h9-10,14,20-21,23,27,34H,6-8,11-13,15-16H2,1-5H3,(H,28,29)(H,30,31)(H,32,33). The molecule has 0 heterocycles. The van der Waals surface area contributed by atoms with Gasteiger partial charge < -0.3 is 30.3 Å². The van der Waals surface area contributed by atoms with E-state index in [2.05, 4.69) is 19.1 Å². The Hall–Kier alpha value is -2.49. The second-order valence-electron chi connectivity index (χ2n) is 9.57. The molecule has 0 aromatic heterocycles. The fourth-order valence-corrected chi connectivity index (χ4v) is 3.28. The highest BCUT2D eigenvalue weighted by Gasteiger charge is 2.36. The summed E-state index contributed by atoms with van der Waals surface area (Å²) in [5.74, 6) is -6.12. The summed E-state index contributed by atoms with van der Waals surface area (Å²) < 4.78 is 5.18. The molecule has 0 spiro atoms. The zero-order valence-electron chi connectivity index (χ0n) is 21.5. The molecule has 0 amide bonds. The van der Waals surface area contributed by atoms with Crippen LogP contribution < -0.4 is 0 Å². The summed E-state index contributed by atoms with van der Waals surface area (Å²) in [5.41, 5.74) is 2.26. The van der Waals surface area contributed by atoms with Gasteiger partial charge in [0, 0.05) is 0 Å². The number of rotatable bonds is 18. The van der Waals surface area contributed by atoms with E-state index in [1.165, 1.54) is 11.1 Å². The van der Waals surface area contributed by atoms with Gasteiger partial charge in [0.2, 0.25) is 0 Å². The molecule has 0 aliphatic carbocycles. The first-order valence-electron chi connectivity index (χ1n) is 11.8. The number of aliphatic hydroxyl groups is 2. The first kappa shape index (κ1) is 32.5. The average Bonchev–Trinajstić information content (AvgIpc) is 2.72. The molecule has 0 aliphatic rings. The quantitative estimate of drug-likeness (QED) is 0.176. The van der Waals surface area contributed by atoms with E-state index in [-0.39, 0.29) is 6.61 Å². The Kier molecular flexibility index (Phi) is 15.1. The normalized spacial score (nSPS) is 16.0. The van der Waals surface area contributed by atoms with Crippen molar-refractivity contribution in [2.24, 2.45) is 5.92 Å². The van der Waals surface area contributed by atoms with E-state index >= 15 is 0 Å². The number of allylic oxidation sites excluding steroid dienone is 5. The van der Waals surface area contributed by atoms with E-state index in [9.17, 15) is 29.7 Å². The maximum absolute atomic E-state index is 11.3. The molecule has 0 aromatic rings. The van der Waals surface area contributed by atoms with E-state index in [4.69, 9.17) is 14.9 Å². The lowest BCUT2D eigenvalue weighted by molar-refractivity contribution is -0.165. The van der Waals surface area contributed by atoms with Crippen LogP contribution in [0.15, 0.2) is 34.9 Å². The number of aliphatic hydroxyl groups excluding tert-OH is 1. The highest BCUT2D eigenvalue weighted by Crippen LogP contribution is 2.18. The van der Waals surface area contributed by atoms with Gasteiger partial charge in [-0.3, -0.25) is 9.59 Å². The molecule has 0 aliphatic heterocycles. The summed E-state index contributed by atoms with van der Waals surface area (Å²) in [4.78, 5) is 33.4. The molecule has 0 saturated carbocycles. The number of ether oxygens (including phenoxy) is 1. The van der Waals surface area contributed by atoms with E-state index in [0.29, 0.717) is 6.42 Å². The zero-order valence-corrected chi connectivity index (χ0v) is 21.5. The van der Waals surface area contributed by atoms with Gasteiger partial charge in [0.1, 0.15) is 5.92 Å². The first-order chi connectivity index (χ1) is 16.1. The lowest BCUT2D eigenvalue weighted by Gasteiger charge is -2.24. The molecule has 200 valence electrons. The van der Waals surface area contributed by atoms with Crippen molar-refractivity contribution in [2.45, 2.75) is 97.4 Å². The van der Waals surface area contributed by atoms with Gasteiger partial charge >= 0.3 is 17.9 Å². The van der Waals surface area contributed by atoms with Crippen molar-refractivity contribution >= 4 is 17.9 Å². The third kappa shape index (κ3) is 15.2. The van der Waals surface area contributed by atoms with Crippen LogP contribution in [0.1, 0.15) is 79.6 Å². The Labute approximate surface area is 207 Å². The van der Waals surface area contributed by atoms with Crippen LogP contribution in [-0.2, 0) is 19.1 Å². The molecule has 0 bridgehead atoms. The largest absolute Gasteiger partial charge is 0.481 e. The Morgan fingerprint density at radius 1 is 0.829 bits per heavy atom. The Balaban J connectivity index is 4.53. The lowest BCUT2D eigenvalue weighted by atomic mass is 9.95. The summed E-state index contributed by atoms with van der Waals surface area (Å²) >= 11 is 0. The van der Waals surface area contributed by atoms with Gasteiger partial charge in [-0.05, 0) is 73.1 Å². The fourth-order valence-electron chi connectivity index (χ4n) is 3.28. The molecule has 35 heavy (non-hydrogen) atoms. The minimum absolute atomic E-state index is 0.124. The van der Waals surface area contributed by atoms with Crippen LogP contribution in [0, 0.1) is 5.92 Å². The Bertz CT molecular complexity index is 787. The maximum Gasteiger partial charge on any atom is 0.333 e. The summed E-state index contributed by atoms with van der Waals surface area (Å²) in [6.07, 6.45) is 7.14. The van der Waals surface area contributed by atoms with Crippen molar-refractivity contribution < 1.29 is 44.7 Å². The van der Waals surface area contributed by atoms with Gasteiger partial charge in [0.15, 0.2) is 6.10 Å². The third-order valence-electron chi connectivity index (χ3n) is 5.72. The molecule has 9 nitrogen and oxygen atoms in total. The second kappa shape index (κ2) is 16.2. The van der Waals surface area contributed by atoms with Crippen molar-refractivity contribution in [3.63, 3.8) is 0 Å². The number of carboxylic acid groups (broad SMARTS) is 3. The predicted molar refractivity (Wildman–Crippen MR) is 132 cm³/mol. The Morgan fingerprint density at radius 2 is 1.31 bits per heavy atom. The maximum atomic E-state index is 11.3. The molecule has 0 rings (SSSR count). The summed E-state index contributed by atoms with van der Waals surface area (Å²) in [6, 6.07) is 0. The minimum atomic E-state index is -1.75. The van der Waals surface area contributed by atoms with Crippen molar-refractivity contribution in [3.8, 4) is 0 Å². The third-order valence-corrected chi connectivity index (χ3v) is 5.72. The first-order valence-corrected chi connectivity index (χ1v) is 11.8. The molecular formula is C26H42O9. The molecule has 0 saturated heterocycles. The van der Waals surface area contributed by atoms with E-state index in [1.807, 2.05) is 13.8 Å². The van der Waals surface area contributed by atoms with Gasteiger partial charge in [-0.15, -0.1) is 0 Å². The molecule has 3 unspecified atom stereocenters. The number of hydrogen-bond donors (Lipinski definition) is 5. The average molecular weight is 499 g/mol. The highest BCUT2D eigenvalue weighted by atomic mass is 16.5. The second-order valence-corrected chi connectivity index (χ2v) is 9.57. The van der Waals surface area contributed by atoms with E-state index in [1.54, 1.807) is 19.9 Å². The van der Waals surface area contributed by atoms with Crippen molar-refractivity contribution in [2.75, 3.05) is 6.61 Å². The van der Waals surface area contributed by atoms with E-state index < -0.39 is 48.1 Å². The molecule has 0 radical (unpaired) electrons. The van der Waals surface area contributed by atoms with Crippen LogP contribution in [0.3, 0.4) is 0 Å². The molecular weight excluding hydrogens is 456 g/mol. The number of carbonyl (C=O) groups is 3. The molecule has 3 atom stereocenters. The molecule has 0 fully saturated rings. The molecule has 9 heteroatoms. The predicted octanol–water partition coefficient (Wildman–Crippen LogP) is 3.94. The minimum Gasteiger partial charge on any atom is -0.481 e. The van der Waals surface area contributed by atoms with Crippen molar-refractivity contribution in [1.29, 1.82) is 0 Å². The van der Waals surface area contributed by atoms with Crippen LogP contribution in [-0.4, -0.2) is 67.9 Å². The fraction of sp³-hybridized carbons (Fsp3) is 0.654. The van der Waals surface area contributed by atoms with Crippen molar-refractivity contribution in [1.82, 2.24) is 0 Å². The van der Waals surface area contributed by atoms with Crippen LogP contribution >= 0.6 is 0 Å². The van der Waals surface area contributed by atoms with Crippen LogP contribution in [0.4, 0.5) is 0 Å². The molecule has 0 aromatic carbocycles. The van der Waals surface area contributed by atoms with Gasteiger partial charge in [-0.2, -0.15) is 0 Å². The number of hydrogen-bond acceptors (Lipinski definition) is 6. The van der Waals surface area contributed by atoms with Crippen LogP contribution in [0.2, 0.25) is 0 Å². The smallest absolute Gasteiger partial charge is 0.333 e. The summed E-state index contributed by atoms with van der Waals surface area (Å²) in [7, 11) is 0. The number of carboxylic acids is 3. The monoisotopic (exact) mass is 498 g/mol. The molecule has 5 N–H and O–H groups in total. The number of aliphatic carboxylic acids is 3. The summed E-state index contributed by atoms with van der Waals surface area (Å²) in [6.45, 7) is 9.00. The van der Waals surface area contributed by atoms with Gasteiger partial charge in [0.05, 0.1) is 24.7 Å². The van der Waals surface area contributed by atoms with Crippen molar-refractivity contribution in [3.05, 3.63) is 34.9 Å². The van der Waals surface area contributed by atoms with E-state index in [0.717, 1.165) is 37.7 Å².